The van der Waals surface area contributed by atoms with E-state index in [-0.39, 0.29) is 6.54 Å². The van der Waals surface area contributed by atoms with Crippen molar-refractivity contribution in [3.63, 3.8) is 0 Å². The van der Waals surface area contributed by atoms with Crippen LogP contribution in [0.15, 0.2) is 35.2 Å². The van der Waals surface area contributed by atoms with E-state index in [1.807, 2.05) is 10.7 Å². The molecular formula is C17H24N4O2S2. The topological polar surface area (TPSA) is 67.2 Å². The van der Waals surface area contributed by atoms with Gasteiger partial charge < -0.3 is 0 Å². The Labute approximate surface area is 153 Å². The number of thioether (sulfide) groups is 1. The summed E-state index contributed by atoms with van der Waals surface area (Å²) in [6.07, 6.45) is 4.30. The molecule has 0 aliphatic carbocycles. The minimum atomic E-state index is -3.20. The molecule has 0 saturated heterocycles. The summed E-state index contributed by atoms with van der Waals surface area (Å²) < 4.78 is 27.0. The van der Waals surface area contributed by atoms with Gasteiger partial charge in [-0.2, -0.15) is 5.10 Å². The quantitative estimate of drug-likeness (QED) is 0.777. The standard InChI is InChI=1S/C17H24N4O2S2/c1-24-17-6-3-5-14(9-17)12-20-7-4-8-21-16(13-20)10-15(19-21)11-18-25(2,22)23/h3,5-6,9-10,18H,4,7-8,11-13H2,1-2H3. The molecule has 1 aromatic carbocycles. The van der Waals surface area contributed by atoms with E-state index in [4.69, 9.17) is 0 Å². The van der Waals surface area contributed by atoms with E-state index in [1.165, 1.54) is 16.7 Å². The lowest BCUT2D eigenvalue weighted by Crippen LogP contribution is -2.23. The van der Waals surface area contributed by atoms with Crippen molar-refractivity contribution in [2.45, 2.75) is 37.5 Å². The van der Waals surface area contributed by atoms with Crippen LogP contribution in [0, 0.1) is 0 Å². The smallest absolute Gasteiger partial charge is 0.209 e. The molecule has 0 atom stereocenters. The van der Waals surface area contributed by atoms with Crippen LogP contribution in [0.25, 0.3) is 0 Å². The van der Waals surface area contributed by atoms with Crippen LogP contribution in [0.1, 0.15) is 23.4 Å². The average Bonchev–Trinajstić information content (AvgIpc) is 2.85. The van der Waals surface area contributed by atoms with Gasteiger partial charge in [-0.05, 0) is 36.4 Å². The number of aryl methyl sites for hydroxylation is 1. The molecule has 0 radical (unpaired) electrons. The van der Waals surface area contributed by atoms with Crippen molar-refractivity contribution in [3.8, 4) is 0 Å². The molecule has 0 amide bonds. The second-order valence-corrected chi connectivity index (χ2v) is 9.07. The lowest BCUT2D eigenvalue weighted by molar-refractivity contribution is 0.261. The van der Waals surface area contributed by atoms with Crippen molar-refractivity contribution < 1.29 is 8.42 Å². The van der Waals surface area contributed by atoms with Crippen molar-refractivity contribution in [2.75, 3.05) is 19.1 Å². The maximum absolute atomic E-state index is 11.3. The molecule has 1 N–H and O–H groups in total. The second kappa shape index (κ2) is 7.90. The number of hydrogen-bond acceptors (Lipinski definition) is 5. The van der Waals surface area contributed by atoms with E-state index >= 15 is 0 Å². The highest BCUT2D eigenvalue weighted by Crippen LogP contribution is 2.20. The number of nitrogens with zero attached hydrogens (tertiary/aromatic N) is 3. The van der Waals surface area contributed by atoms with E-state index in [1.54, 1.807) is 11.8 Å². The van der Waals surface area contributed by atoms with E-state index < -0.39 is 10.0 Å². The monoisotopic (exact) mass is 380 g/mol. The van der Waals surface area contributed by atoms with Gasteiger partial charge in [0.25, 0.3) is 0 Å². The summed E-state index contributed by atoms with van der Waals surface area (Å²) >= 11 is 1.76. The molecule has 6 nitrogen and oxygen atoms in total. The van der Waals surface area contributed by atoms with Gasteiger partial charge in [-0.25, -0.2) is 13.1 Å². The second-order valence-electron chi connectivity index (χ2n) is 6.36. The number of fused-ring (bicyclic) bond motifs is 1. The maximum Gasteiger partial charge on any atom is 0.209 e. The van der Waals surface area contributed by atoms with Crippen molar-refractivity contribution in [2.24, 2.45) is 0 Å². The van der Waals surface area contributed by atoms with E-state index in [2.05, 4.69) is 45.2 Å². The fourth-order valence-corrected chi connectivity index (χ4v) is 3.94. The lowest BCUT2D eigenvalue weighted by Gasteiger charge is -2.19. The van der Waals surface area contributed by atoms with Crippen LogP contribution in [0.5, 0.6) is 0 Å². The molecular weight excluding hydrogens is 356 g/mol. The molecule has 3 rings (SSSR count). The largest absolute Gasteiger partial charge is 0.293 e. The van der Waals surface area contributed by atoms with Gasteiger partial charge in [-0.3, -0.25) is 9.58 Å². The van der Waals surface area contributed by atoms with Crippen LogP contribution < -0.4 is 4.72 Å². The Kier molecular flexibility index (Phi) is 5.83. The van der Waals surface area contributed by atoms with Gasteiger partial charge >= 0.3 is 0 Å². The molecule has 0 unspecified atom stereocenters. The van der Waals surface area contributed by atoms with Crippen LogP contribution in [-0.2, 0) is 36.2 Å². The molecule has 136 valence electrons. The molecule has 25 heavy (non-hydrogen) atoms. The molecule has 0 spiro atoms. The van der Waals surface area contributed by atoms with Crippen LogP contribution in [-0.4, -0.2) is 42.2 Å². The number of hydrogen-bond donors (Lipinski definition) is 1. The number of sulfonamides is 1. The Bertz CT molecular complexity index is 833. The van der Waals surface area contributed by atoms with Gasteiger partial charge in [-0.1, -0.05) is 12.1 Å². The van der Waals surface area contributed by atoms with Crippen LogP contribution in [0.2, 0.25) is 0 Å². The van der Waals surface area contributed by atoms with Crippen molar-refractivity contribution >= 4 is 21.8 Å². The summed E-state index contributed by atoms with van der Waals surface area (Å²) in [6.45, 7) is 3.89. The molecule has 0 saturated carbocycles. The summed E-state index contributed by atoms with van der Waals surface area (Å²) in [5.41, 5.74) is 3.23. The van der Waals surface area contributed by atoms with E-state index in [0.717, 1.165) is 44.0 Å². The molecule has 2 aromatic rings. The van der Waals surface area contributed by atoms with Gasteiger partial charge in [-0.15, -0.1) is 11.8 Å². The van der Waals surface area contributed by atoms with Crippen LogP contribution in [0.3, 0.4) is 0 Å². The van der Waals surface area contributed by atoms with Gasteiger partial charge in [0.1, 0.15) is 0 Å². The molecule has 2 heterocycles. The molecule has 1 aliphatic heterocycles. The zero-order valence-corrected chi connectivity index (χ0v) is 16.2. The first-order valence-electron chi connectivity index (χ1n) is 8.28. The van der Waals surface area contributed by atoms with Gasteiger partial charge in [0.2, 0.25) is 10.0 Å². The fraction of sp³-hybridized carbons (Fsp3) is 0.471. The first-order chi connectivity index (χ1) is 11.9. The maximum atomic E-state index is 11.3. The van der Waals surface area contributed by atoms with Crippen molar-refractivity contribution in [3.05, 3.63) is 47.3 Å². The van der Waals surface area contributed by atoms with Crippen LogP contribution >= 0.6 is 11.8 Å². The first kappa shape index (κ1) is 18.4. The minimum absolute atomic E-state index is 0.245. The highest BCUT2D eigenvalue weighted by atomic mass is 32.2. The third-order valence-electron chi connectivity index (χ3n) is 4.20. The predicted octanol–water partition coefficient (Wildman–Crippen LogP) is 2.06. The normalized spacial score (nSPS) is 15.8. The molecule has 1 aromatic heterocycles. The third kappa shape index (κ3) is 5.31. The summed E-state index contributed by atoms with van der Waals surface area (Å²) in [4.78, 5) is 3.71. The number of nitrogens with one attached hydrogen (secondary N) is 1. The number of benzene rings is 1. The van der Waals surface area contributed by atoms with Crippen LogP contribution in [0.4, 0.5) is 0 Å². The minimum Gasteiger partial charge on any atom is -0.293 e. The zero-order valence-electron chi connectivity index (χ0n) is 14.6. The Morgan fingerprint density at radius 1 is 1.28 bits per heavy atom. The average molecular weight is 381 g/mol. The van der Waals surface area contributed by atoms with Crippen molar-refractivity contribution in [1.82, 2.24) is 19.4 Å². The van der Waals surface area contributed by atoms with Gasteiger partial charge in [0.05, 0.1) is 24.2 Å². The summed E-state index contributed by atoms with van der Waals surface area (Å²) in [5, 5.41) is 4.54. The molecule has 0 bridgehead atoms. The number of rotatable bonds is 6. The summed E-state index contributed by atoms with van der Waals surface area (Å²) in [6, 6.07) is 10.7. The van der Waals surface area contributed by atoms with E-state index in [9.17, 15) is 8.42 Å². The highest BCUT2D eigenvalue weighted by Gasteiger charge is 2.17. The van der Waals surface area contributed by atoms with Crippen molar-refractivity contribution in [1.29, 1.82) is 0 Å². The Hall–Kier alpha value is -1.35. The lowest BCUT2D eigenvalue weighted by atomic mass is 10.2. The fourth-order valence-electron chi connectivity index (χ4n) is 3.04. The van der Waals surface area contributed by atoms with Gasteiger partial charge in [0.15, 0.2) is 0 Å². The zero-order chi connectivity index (χ0) is 17.9. The predicted molar refractivity (Wildman–Crippen MR) is 101 cm³/mol. The first-order valence-corrected chi connectivity index (χ1v) is 11.4. The Morgan fingerprint density at radius 2 is 2.12 bits per heavy atom. The SMILES string of the molecule is CSc1cccc(CN2CCCn3nc(CNS(C)(=O)=O)cc3C2)c1. The Morgan fingerprint density at radius 3 is 2.88 bits per heavy atom. The third-order valence-corrected chi connectivity index (χ3v) is 5.59. The van der Waals surface area contributed by atoms with Gasteiger partial charge in [0, 0.05) is 31.1 Å². The van der Waals surface area contributed by atoms with E-state index in [0.29, 0.717) is 0 Å². The number of aromatic nitrogens is 2. The summed E-state index contributed by atoms with van der Waals surface area (Å²) in [5.74, 6) is 0. The Balaban J connectivity index is 1.69. The molecule has 8 heteroatoms. The highest BCUT2D eigenvalue weighted by molar-refractivity contribution is 7.98. The molecule has 0 fully saturated rings. The summed E-state index contributed by atoms with van der Waals surface area (Å²) in [7, 11) is -3.20. The molecule has 1 aliphatic rings.